The number of hydrogen-bond acceptors (Lipinski definition) is 5. The first kappa shape index (κ1) is 28.3. The molecule has 0 saturated carbocycles. The molecule has 7 heteroatoms. The number of nitrogens with one attached hydrogen (secondary N) is 1. The van der Waals surface area contributed by atoms with Crippen molar-refractivity contribution in [3.05, 3.63) is 112 Å². The van der Waals surface area contributed by atoms with Gasteiger partial charge in [0.2, 0.25) is 0 Å². The van der Waals surface area contributed by atoms with E-state index in [0.717, 1.165) is 48.5 Å². The van der Waals surface area contributed by atoms with Crippen LogP contribution in [0.15, 0.2) is 83.9 Å². The van der Waals surface area contributed by atoms with Crippen molar-refractivity contribution in [3.63, 3.8) is 0 Å². The van der Waals surface area contributed by atoms with Crippen molar-refractivity contribution in [3.8, 4) is 5.75 Å². The van der Waals surface area contributed by atoms with E-state index in [1.165, 1.54) is 11.1 Å². The topological polar surface area (TPSA) is 76.5 Å². The largest absolute Gasteiger partial charge is 0.494 e. The van der Waals surface area contributed by atoms with Crippen molar-refractivity contribution in [2.75, 3.05) is 26.2 Å². The number of ether oxygens (including phenoxy) is 1. The van der Waals surface area contributed by atoms with Gasteiger partial charge in [-0.15, -0.1) is 0 Å². The lowest BCUT2D eigenvalue weighted by atomic mass is 9.93. The Morgan fingerprint density at radius 3 is 2.68 bits per heavy atom. The average Bonchev–Trinajstić information content (AvgIpc) is 3.62. The van der Waals surface area contributed by atoms with Crippen LogP contribution in [0.2, 0.25) is 0 Å². The zero-order valence-corrected chi connectivity index (χ0v) is 24.2. The fraction of sp³-hybridized carbons (Fsp3) is 0.324. The molecule has 212 valence electrons. The van der Waals surface area contributed by atoms with Gasteiger partial charge in [0.1, 0.15) is 5.75 Å². The second-order valence-corrected chi connectivity index (χ2v) is 10.6. The molecule has 0 aliphatic heterocycles. The summed E-state index contributed by atoms with van der Waals surface area (Å²) in [4.78, 5) is 28.2. The normalized spacial score (nSPS) is 14.4. The first-order chi connectivity index (χ1) is 19.9. The highest BCUT2D eigenvalue weighted by Gasteiger charge is 2.24. The number of nitrogens with zero attached hydrogens (tertiary/aromatic N) is 3. The first-order valence-electron chi connectivity index (χ1n) is 14.4. The summed E-state index contributed by atoms with van der Waals surface area (Å²) in [6, 6.07) is 14.4. The van der Waals surface area contributed by atoms with Gasteiger partial charge in [0.05, 0.1) is 24.9 Å². The van der Waals surface area contributed by atoms with E-state index >= 15 is 0 Å². The third-order valence-corrected chi connectivity index (χ3v) is 7.68. The Bertz CT molecular complexity index is 1510. The lowest BCUT2D eigenvalue weighted by Gasteiger charge is -2.17. The number of allylic oxidation sites excluding steroid dienone is 4. The minimum absolute atomic E-state index is 0.0563. The number of Topliss-reactive ketones (excluding diaryl/α,β-unsaturated/α-hetero) is 1. The maximum absolute atomic E-state index is 13.0. The smallest absolute Gasteiger partial charge is 0.258 e. The standard InChI is InChI=1S/C34H38N4O3/c1-4-37(5-2)15-6-16-41-31-13-11-26-17-28(18-27(26)19-31)32-20-30(12-14-33(32)39)36-34(40)29-21-35-38(23-29)22-25-9-7-24(3)8-10-25/h7-13,18-21,23H,4-6,14-17,22H2,1-3H3,(H,36,40). The Morgan fingerprint density at radius 1 is 1.10 bits per heavy atom. The van der Waals surface area contributed by atoms with Crippen LogP contribution in [0.25, 0.3) is 6.08 Å². The number of ketones is 1. The maximum Gasteiger partial charge on any atom is 0.258 e. The fourth-order valence-electron chi connectivity index (χ4n) is 5.21. The van der Waals surface area contributed by atoms with Crippen LogP contribution >= 0.6 is 0 Å². The van der Waals surface area contributed by atoms with Crippen LogP contribution in [0.1, 0.15) is 59.3 Å². The van der Waals surface area contributed by atoms with Crippen molar-refractivity contribution < 1.29 is 14.3 Å². The van der Waals surface area contributed by atoms with Crippen molar-refractivity contribution in [1.29, 1.82) is 0 Å². The molecular formula is C34H38N4O3. The number of rotatable bonds is 12. The Labute approximate surface area is 242 Å². The lowest BCUT2D eigenvalue weighted by Crippen LogP contribution is -2.25. The summed E-state index contributed by atoms with van der Waals surface area (Å²) in [7, 11) is 0. The number of carbonyl (C=O) groups is 2. The molecule has 0 atom stereocenters. The molecule has 5 rings (SSSR count). The highest BCUT2D eigenvalue weighted by molar-refractivity contribution is 6.04. The van der Waals surface area contributed by atoms with E-state index in [1.807, 2.05) is 6.07 Å². The SMILES string of the molecule is CCN(CC)CCCOc1ccc2c(c1)C=C(C1=CC(NC(=O)c3cnn(Cc4ccc(C)cc4)c3)=CCC1=O)C2. The quantitative estimate of drug-likeness (QED) is 0.301. The van der Waals surface area contributed by atoms with E-state index in [0.29, 0.717) is 36.4 Å². The number of carbonyl (C=O) groups excluding carboxylic acids is 2. The molecule has 0 saturated heterocycles. The monoisotopic (exact) mass is 550 g/mol. The van der Waals surface area contributed by atoms with Crippen LogP contribution in [0.4, 0.5) is 0 Å². The Hall–Kier alpha value is -4.23. The molecule has 0 unspecified atom stereocenters. The zero-order chi connectivity index (χ0) is 28.8. The molecule has 0 bridgehead atoms. The van der Waals surface area contributed by atoms with Crippen LogP contribution in [0, 0.1) is 6.92 Å². The third-order valence-electron chi connectivity index (χ3n) is 7.68. The van der Waals surface area contributed by atoms with Crippen molar-refractivity contribution >= 4 is 17.8 Å². The Balaban J connectivity index is 1.20. The van der Waals surface area contributed by atoms with Gasteiger partial charge in [0.25, 0.3) is 5.91 Å². The van der Waals surface area contributed by atoms with Gasteiger partial charge in [-0.25, -0.2) is 0 Å². The van der Waals surface area contributed by atoms with Gasteiger partial charge in [-0.1, -0.05) is 61.9 Å². The molecule has 0 radical (unpaired) electrons. The molecule has 2 aliphatic carbocycles. The number of benzene rings is 2. The second kappa shape index (κ2) is 13.0. The minimum atomic E-state index is -0.247. The van der Waals surface area contributed by atoms with Crippen molar-refractivity contribution in [2.45, 2.75) is 46.6 Å². The number of hydrogen-bond donors (Lipinski definition) is 1. The second-order valence-electron chi connectivity index (χ2n) is 10.6. The molecule has 7 nitrogen and oxygen atoms in total. The Morgan fingerprint density at radius 2 is 1.90 bits per heavy atom. The predicted octanol–water partition coefficient (Wildman–Crippen LogP) is 5.50. The van der Waals surface area contributed by atoms with E-state index < -0.39 is 0 Å². The molecule has 41 heavy (non-hydrogen) atoms. The van der Waals surface area contributed by atoms with E-state index in [4.69, 9.17) is 4.74 Å². The summed E-state index contributed by atoms with van der Waals surface area (Å²) in [5.74, 6) is 0.657. The Kier molecular flexibility index (Phi) is 8.95. The molecule has 1 amide bonds. The average molecular weight is 551 g/mol. The summed E-state index contributed by atoms with van der Waals surface area (Å²) >= 11 is 0. The molecule has 0 fully saturated rings. The minimum Gasteiger partial charge on any atom is -0.494 e. The summed E-state index contributed by atoms with van der Waals surface area (Å²) in [6.45, 7) is 10.8. The maximum atomic E-state index is 13.0. The number of aryl methyl sites for hydroxylation is 1. The van der Waals surface area contributed by atoms with Gasteiger partial charge in [0.15, 0.2) is 5.78 Å². The van der Waals surface area contributed by atoms with E-state index in [9.17, 15) is 9.59 Å². The van der Waals surface area contributed by atoms with Crippen LogP contribution in [0.3, 0.4) is 0 Å². The molecule has 2 aliphatic rings. The molecule has 1 heterocycles. The van der Waals surface area contributed by atoms with Gasteiger partial charge >= 0.3 is 0 Å². The highest BCUT2D eigenvalue weighted by Crippen LogP contribution is 2.34. The predicted molar refractivity (Wildman–Crippen MR) is 162 cm³/mol. The molecule has 3 aromatic rings. The number of aromatic nitrogens is 2. The van der Waals surface area contributed by atoms with Crippen molar-refractivity contribution in [2.24, 2.45) is 0 Å². The van der Waals surface area contributed by atoms with E-state index in [-0.39, 0.29) is 18.1 Å². The molecular weight excluding hydrogens is 512 g/mol. The van der Waals surface area contributed by atoms with Crippen molar-refractivity contribution in [1.82, 2.24) is 20.0 Å². The van der Waals surface area contributed by atoms with Gasteiger partial charge in [0, 0.05) is 30.4 Å². The van der Waals surface area contributed by atoms with Crippen LogP contribution in [0.5, 0.6) is 5.75 Å². The van der Waals surface area contributed by atoms with E-state index in [1.54, 1.807) is 29.2 Å². The fourth-order valence-corrected chi connectivity index (χ4v) is 5.21. The van der Waals surface area contributed by atoms with Crippen LogP contribution < -0.4 is 10.1 Å². The third kappa shape index (κ3) is 7.11. The first-order valence-corrected chi connectivity index (χ1v) is 14.4. The van der Waals surface area contributed by atoms with Crippen LogP contribution in [-0.2, 0) is 17.8 Å². The molecule has 0 spiro atoms. The molecule has 2 aromatic carbocycles. The van der Waals surface area contributed by atoms with Gasteiger partial charge < -0.3 is 15.0 Å². The van der Waals surface area contributed by atoms with Gasteiger partial charge in [-0.2, -0.15) is 5.10 Å². The molecule has 1 aromatic heterocycles. The van der Waals surface area contributed by atoms with Gasteiger partial charge in [-0.3, -0.25) is 14.3 Å². The summed E-state index contributed by atoms with van der Waals surface area (Å²) < 4.78 is 7.77. The number of fused-ring (bicyclic) bond motifs is 1. The summed E-state index contributed by atoms with van der Waals surface area (Å²) in [5.41, 5.74) is 7.29. The lowest BCUT2D eigenvalue weighted by molar-refractivity contribution is -0.114. The zero-order valence-electron chi connectivity index (χ0n) is 24.2. The van der Waals surface area contributed by atoms with E-state index in [2.05, 4.69) is 78.6 Å². The summed E-state index contributed by atoms with van der Waals surface area (Å²) in [6.07, 6.45) is 10.9. The summed E-state index contributed by atoms with van der Waals surface area (Å²) in [5, 5.41) is 7.31. The van der Waals surface area contributed by atoms with Crippen LogP contribution in [-0.4, -0.2) is 52.6 Å². The highest BCUT2D eigenvalue weighted by atomic mass is 16.5. The number of amides is 1. The molecule has 1 N–H and O–H groups in total. The van der Waals surface area contributed by atoms with Gasteiger partial charge in [-0.05, 0) is 73.3 Å².